The predicted molar refractivity (Wildman–Crippen MR) is 90.5 cm³/mol. The topological polar surface area (TPSA) is 22.1 Å². The lowest BCUT2D eigenvalue weighted by Crippen LogP contribution is -1.94. The second kappa shape index (κ2) is 6.72. The second-order valence-electron chi connectivity index (χ2n) is 4.98. The number of benzene rings is 2. The molecule has 1 heterocycles. The van der Waals surface area contributed by atoms with Gasteiger partial charge in [0.15, 0.2) is 0 Å². The van der Waals surface area contributed by atoms with Gasteiger partial charge in [0.1, 0.15) is 12.4 Å². The Morgan fingerprint density at radius 3 is 2.45 bits per heavy atom. The van der Waals surface area contributed by atoms with Crippen LogP contribution < -0.4 is 4.74 Å². The Bertz CT molecular complexity index is 748. The zero-order valence-electron chi connectivity index (χ0n) is 12.3. The second-order valence-corrected chi connectivity index (χ2v) is 4.98. The molecule has 0 bridgehead atoms. The normalized spacial score (nSPS) is 10.2. The van der Waals surface area contributed by atoms with E-state index >= 15 is 0 Å². The fourth-order valence-electron chi connectivity index (χ4n) is 2.19. The van der Waals surface area contributed by atoms with Crippen molar-refractivity contribution >= 4 is 6.08 Å². The van der Waals surface area contributed by atoms with Gasteiger partial charge in [0.2, 0.25) is 0 Å². The lowest BCUT2D eigenvalue weighted by atomic mass is 10.1. The highest BCUT2D eigenvalue weighted by atomic mass is 16.5. The van der Waals surface area contributed by atoms with Gasteiger partial charge < -0.3 is 4.74 Å². The molecular formula is C20H17NO. The maximum atomic E-state index is 5.79. The van der Waals surface area contributed by atoms with Crippen LogP contribution in [0.2, 0.25) is 0 Å². The van der Waals surface area contributed by atoms with Gasteiger partial charge in [0.25, 0.3) is 0 Å². The molecule has 0 spiro atoms. The van der Waals surface area contributed by atoms with Gasteiger partial charge in [-0.05, 0) is 47.5 Å². The lowest BCUT2D eigenvalue weighted by molar-refractivity contribution is 0.306. The molecule has 0 radical (unpaired) electrons. The number of nitrogens with zero attached hydrogens (tertiary/aromatic N) is 1. The number of ether oxygens (including phenoxy) is 1. The van der Waals surface area contributed by atoms with E-state index in [4.69, 9.17) is 4.74 Å². The third-order valence-corrected chi connectivity index (χ3v) is 3.42. The molecule has 0 aliphatic rings. The fourth-order valence-corrected chi connectivity index (χ4v) is 2.19. The summed E-state index contributed by atoms with van der Waals surface area (Å²) < 4.78 is 5.79. The smallest absolute Gasteiger partial charge is 0.119 e. The Morgan fingerprint density at radius 1 is 0.955 bits per heavy atom. The van der Waals surface area contributed by atoms with Crippen LogP contribution >= 0.6 is 0 Å². The van der Waals surface area contributed by atoms with Crippen molar-refractivity contribution in [2.45, 2.75) is 6.61 Å². The minimum Gasteiger partial charge on any atom is -0.489 e. The van der Waals surface area contributed by atoms with Crippen LogP contribution in [-0.2, 0) is 6.61 Å². The molecule has 3 aromatic rings. The minimum absolute atomic E-state index is 0.574. The largest absolute Gasteiger partial charge is 0.489 e. The van der Waals surface area contributed by atoms with Gasteiger partial charge in [0.05, 0.1) is 5.69 Å². The number of aromatic nitrogens is 1. The first-order valence-electron chi connectivity index (χ1n) is 7.21. The molecule has 0 saturated carbocycles. The summed E-state index contributed by atoms with van der Waals surface area (Å²) in [5.74, 6) is 0.854. The van der Waals surface area contributed by atoms with Crippen molar-refractivity contribution < 1.29 is 4.74 Å². The Balaban J connectivity index is 1.71. The predicted octanol–water partition coefficient (Wildman–Crippen LogP) is 4.97. The Hall–Kier alpha value is -2.87. The highest BCUT2D eigenvalue weighted by Gasteiger charge is 2.01. The summed E-state index contributed by atoms with van der Waals surface area (Å²) >= 11 is 0. The zero-order chi connectivity index (χ0) is 15.2. The Kier molecular flexibility index (Phi) is 4.30. The highest BCUT2D eigenvalue weighted by molar-refractivity contribution is 5.63. The van der Waals surface area contributed by atoms with Gasteiger partial charge in [-0.1, -0.05) is 43.0 Å². The number of rotatable bonds is 5. The van der Waals surface area contributed by atoms with Gasteiger partial charge in [-0.3, -0.25) is 4.98 Å². The highest BCUT2D eigenvalue weighted by Crippen LogP contribution is 2.22. The van der Waals surface area contributed by atoms with Crippen LogP contribution in [0, 0.1) is 0 Å². The average molecular weight is 287 g/mol. The van der Waals surface area contributed by atoms with Crippen molar-refractivity contribution in [2.24, 2.45) is 0 Å². The quantitative estimate of drug-likeness (QED) is 0.661. The summed E-state index contributed by atoms with van der Waals surface area (Å²) in [5.41, 5.74) is 4.23. The van der Waals surface area contributed by atoms with Crippen molar-refractivity contribution in [2.75, 3.05) is 0 Å². The fraction of sp³-hybridized carbons (Fsp3) is 0.0500. The molecule has 0 N–H and O–H groups in total. The van der Waals surface area contributed by atoms with E-state index in [2.05, 4.69) is 23.7 Å². The van der Waals surface area contributed by atoms with E-state index in [1.165, 1.54) is 0 Å². The summed E-state index contributed by atoms with van der Waals surface area (Å²) in [5, 5.41) is 0. The monoisotopic (exact) mass is 287 g/mol. The van der Waals surface area contributed by atoms with Gasteiger partial charge >= 0.3 is 0 Å². The van der Waals surface area contributed by atoms with Crippen LogP contribution in [0.15, 0.2) is 79.5 Å². The summed E-state index contributed by atoms with van der Waals surface area (Å²) in [6.07, 6.45) is 3.62. The SMILES string of the molecule is C=Cc1ccnc(-c2ccc(OCc3ccccc3)cc2)c1. The third-order valence-electron chi connectivity index (χ3n) is 3.42. The first kappa shape index (κ1) is 14.1. The molecule has 22 heavy (non-hydrogen) atoms. The van der Waals surface area contributed by atoms with E-state index in [1.807, 2.05) is 60.7 Å². The summed E-state index contributed by atoms with van der Waals surface area (Å²) in [7, 11) is 0. The number of hydrogen-bond acceptors (Lipinski definition) is 2. The molecule has 0 aliphatic carbocycles. The van der Waals surface area contributed by atoms with Crippen molar-refractivity contribution in [1.82, 2.24) is 4.98 Å². The molecule has 3 rings (SSSR count). The van der Waals surface area contributed by atoms with Gasteiger partial charge in [-0.2, -0.15) is 0 Å². The van der Waals surface area contributed by atoms with E-state index in [9.17, 15) is 0 Å². The number of hydrogen-bond donors (Lipinski definition) is 0. The first-order valence-corrected chi connectivity index (χ1v) is 7.21. The maximum absolute atomic E-state index is 5.79. The average Bonchev–Trinajstić information content (AvgIpc) is 2.61. The Morgan fingerprint density at radius 2 is 1.73 bits per heavy atom. The van der Waals surface area contributed by atoms with E-state index in [0.29, 0.717) is 6.61 Å². The summed E-state index contributed by atoms with van der Waals surface area (Å²) in [6.45, 7) is 4.36. The van der Waals surface area contributed by atoms with Crippen molar-refractivity contribution in [1.29, 1.82) is 0 Å². The maximum Gasteiger partial charge on any atom is 0.119 e. The molecule has 1 aromatic heterocycles. The van der Waals surface area contributed by atoms with E-state index in [1.54, 1.807) is 6.20 Å². The van der Waals surface area contributed by atoms with Crippen LogP contribution in [0.4, 0.5) is 0 Å². The third kappa shape index (κ3) is 3.41. The van der Waals surface area contributed by atoms with Crippen LogP contribution in [0.3, 0.4) is 0 Å². The standard InChI is InChI=1S/C20H17NO/c1-2-16-12-13-21-20(14-16)18-8-10-19(11-9-18)22-15-17-6-4-3-5-7-17/h2-14H,1,15H2. The van der Waals surface area contributed by atoms with Crippen molar-refractivity contribution in [3.63, 3.8) is 0 Å². The minimum atomic E-state index is 0.574. The van der Waals surface area contributed by atoms with Gasteiger partial charge in [-0.25, -0.2) is 0 Å². The molecular weight excluding hydrogens is 270 g/mol. The van der Waals surface area contributed by atoms with E-state index in [-0.39, 0.29) is 0 Å². The molecule has 0 amide bonds. The molecule has 2 heteroatoms. The van der Waals surface area contributed by atoms with Gasteiger partial charge in [0, 0.05) is 11.8 Å². The van der Waals surface area contributed by atoms with Crippen LogP contribution in [0.25, 0.3) is 17.3 Å². The molecule has 2 aromatic carbocycles. The first-order chi connectivity index (χ1) is 10.8. The lowest BCUT2D eigenvalue weighted by Gasteiger charge is -2.07. The van der Waals surface area contributed by atoms with Crippen LogP contribution in [0.1, 0.15) is 11.1 Å². The molecule has 0 fully saturated rings. The van der Waals surface area contributed by atoms with E-state index in [0.717, 1.165) is 28.1 Å². The van der Waals surface area contributed by atoms with Crippen LogP contribution in [-0.4, -0.2) is 4.98 Å². The molecule has 108 valence electrons. The van der Waals surface area contributed by atoms with Crippen molar-refractivity contribution in [3.05, 3.63) is 90.6 Å². The molecule has 2 nitrogen and oxygen atoms in total. The molecule has 0 aliphatic heterocycles. The molecule has 0 unspecified atom stereocenters. The summed E-state index contributed by atoms with van der Waals surface area (Å²) in [4.78, 5) is 4.39. The Labute approximate surface area is 130 Å². The summed E-state index contributed by atoms with van der Waals surface area (Å²) in [6, 6.07) is 22.1. The van der Waals surface area contributed by atoms with E-state index < -0.39 is 0 Å². The van der Waals surface area contributed by atoms with Gasteiger partial charge in [-0.15, -0.1) is 0 Å². The molecule has 0 saturated heterocycles. The van der Waals surface area contributed by atoms with Crippen LogP contribution in [0.5, 0.6) is 5.75 Å². The number of pyridine rings is 1. The van der Waals surface area contributed by atoms with Crippen molar-refractivity contribution in [3.8, 4) is 17.0 Å². The zero-order valence-corrected chi connectivity index (χ0v) is 12.3. The molecule has 0 atom stereocenters.